The van der Waals surface area contributed by atoms with Gasteiger partial charge in [-0.15, -0.1) is 11.3 Å². The molecule has 0 radical (unpaired) electrons. The van der Waals surface area contributed by atoms with Crippen LogP contribution in [0.5, 0.6) is 0 Å². The first-order valence-electron chi connectivity index (χ1n) is 5.70. The van der Waals surface area contributed by atoms with Gasteiger partial charge in [-0.25, -0.2) is 9.38 Å². The Labute approximate surface area is 113 Å². The molecule has 0 aliphatic heterocycles. The van der Waals surface area contributed by atoms with Crippen molar-refractivity contribution in [2.24, 2.45) is 0 Å². The van der Waals surface area contributed by atoms with Crippen molar-refractivity contribution < 1.29 is 0 Å². The van der Waals surface area contributed by atoms with Crippen LogP contribution in [0.15, 0.2) is 34.4 Å². The summed E-state index contributed by atoms with van der Waals surface area (Å²) in [6, 6.07) is 7.35. The number of hydrogen-bond acceptors (Lipinski definition) is 5. The van der Waals surface area contributed by atoms with E-state index in [-0.39, 0.29) is 11.2 Å². The van der Waals surface area contributed by atoms with Crippen molar-refractivity contribution in [2.75, 3.05) is 11.5 Å². The lowest BCUT2D eigenvalue weighted by molar-refractivity contribution is 1.06. The van der Waals surface area contributed by atoms with E-state index in [1.807, 2.05) is 17.5 Å². The molecule has 0 atom stereocenters. The number of aromatic nitrogens is 2. The van der Waals surface area contributed by atoms with E-state index < -0.39 is 0 Å². The van der Waals surface area contributed by atoms with E-state index in [0.29, 0.717) is 16.3 Å². The highest BCUT2D eigenvalue weighted by atomic mass is 32.1. The molecule has 0 saturated carbocycles. The largest absolute Gasteiger partial charge is 0.399 e. The second kappa shape index (κ2) is 4.10. The molecule has 6 heteroatoms. The molecule has 0 aliphatic carbocycles. The van der Waals surface area contributed by atoms with E-state index >= 15 is 0 Å². The number of rotatable bonds is 1. The van der Waals surface area contributed by atoms with Crippen molar-refractivity contribution >= 4 is 27.7 Å². The van der Waals surface area contributed by atoms with Crippen LogP contribution in [0.3, 0.4) is 0 Å². The van der Waals surface area contributed by atoms with Crippen molar-refractivity contribution in [3.05, 3.63) is 45.7 Å². The van der Waals surface area contributed by atoms with Crippen LogP contribution in [0.25, 0.3) is 16.2 Å². The first-order valence-corrected chi connectivity index (χ1v) is 6.58. The van der Waals surface area contributed by atoms with Gasteiger partial charge < -0.3 is 11.5 Å². The molecule has 0 unspecified atom stereocenters. The van der Waals surface area contributed by atoms with Crippen molar-refractivity contribution in [2.45, 2.75) is 6.92 Å². The van der Waals surface area contributed by atoms with E-state index in [1.54, 1.807) is 23.5 Å². The van der Waals surface area contributed by atoms with Gasteiger partial charge >= 0.3 is 0 Å². The monoisotopic (exact) mass is 272 g/mol. The van der Waals surface area contributed by atoms with Crippen LogP contribution in [-0.4, -0.2) is 9.38 Å². The zero-order valence-corrected chi connectivity index (χ0v) is 11.1. The second-order valence-electron chi connectivity index (χ2n) is 4.28. The maximum atomic E-state index is 12.3. The van der Waals surface area contributed by atoms with E-state index in [2.05, 4.69) is 4.98 Å². The van der Waals surface area contributed by atoms with Crippen LogP contribution in [0.4, 0.5) is 11.4 Å². The lowest BCUT2D eigenvalue weighted by Gasteiger charge is -2.04. The van der Waals surface area contributed by atoms with Gasteiger partial charge in [-0.05, 0) is 24.6 Å². The Morgan fingerprint density at radius 2 is 1.89 bits per heavy atom. The number of nitrogen functional groups attached to an aromatic ring is 2. The number of anilines is 2. The molecule has 19 heavy (non-hydrogen) atoms. The highest BCUT2D eigenvalue weighted by molar-refractivity contribution is 7.15. The standard InChI is InChI=1S/C13H12N4OS/c1-7-11(15)12(18)17-10(6-19-13(17)16-7)8-2-4-9(14)5-3-8/h2-6H,14-15H2,1H3. The fourth-order valence-electron chi connectivity index (χ4n) is 1.92. The minimum Gasteiger partial charge on any atom is -0.399 e. The van der Waals surface area contributed by atoms with Gasteiger partial charge in [0.2, 0.25) is 0 Å². The molecule has 2 aromatic heterocycles. The quantitative estimate of drug-likeness (QED) is 0.662. The van der Waals surface area contributed by atoms with Crippen LogP contribution in [-0.2, 0) is 0 Å². The Hall–Kier alpha value is -2.34. The van der Waals surface area contributed by atoms with E-state index in [4.69, 9.17) is 11.5 Å². The molecular formula is C13H12N4OS. The minimum atomic E-state index is -0.226. The number of benzene rings is 1. The average molecular weight is 272 g/mol. The summed E-state index contributed by atoms with van der Waals surface area (Å²) in [7, 11) is 0. The molecule has 5 nitrogen and oxygen atoms in total. The molecule has 0 bridgehead atoms. The molecule has 2 heterocycles. The van der Waals surface area contributed by atoms with Crippen molar-refractivity contribution in [1.29, 1.82) is 0 Å². The smallest absolute Gasteiger partial charge is 0.282 e. The van der Waals surface area contributed by atoms with Crippen molar-refractivity contribution in [1.82, 2.24) is 9.38 Å². The van der Waals surface area contributed by atoms with Gasteiger partial charge in [0.15, 0.2) is 4.96 Å². The number of nitrogens with zero attached hydrogens (tertiary/aromatic N) is 2. The Morgan fingerprint density at radius 1 is 1.21 bits per heavy atom. The summed E-state index contributed by atoms with van der Waals surface area (Å²) in [6.45, 7) is 1.74. The Morgan fingerprint density at radius 3 is 2.58 bits per heavy atom. The van der Waals surface area contributed by atoms with Crippen molar-refractivity contribution in [3.63, 3.8) is 0 Å². The van der Waals surface area contributed by atoms with Crippen LogP contribution >= 0.6 is 11.3 Å². The van der Waals surface area contributed by atoms with Crippen LogP contribution in [0.2, 0.25) is 0 Å². The SMILES string of the molecule is Cc1nc2scc(-c3ccc(N)cc3)n2c(=O)c1N. The minimum absolute atomic E-state index is 0.188. The number of fused-ring (bicyclic) bond motifs is 1. The first kappa shape index (κ1) is 11.7. The number of thiazole rings is 1. The summed E-state index contributed by atoms with van der Waals surface area (Å²) in [5, 5.41) is 1.90. The van der Waals surface area contributed by atoms with Gasteiger partial charge in [-0.2, -0.15) is 0 Å². The zero-order chi connectivity index (χ0) is 13.6. The summed E-state index contributed by atoms with van der Waals surface area (Å²) in [5.41, 5.74) is 14.3. The molecule has 96 valence electrons. The summed E-state index contributed by atoms with van der Waals surface area (Å²) in [6.07, 6.45) is 0. The molecular weight excluding hydrogens is 260 g/mol. The molecule has 0 spiro atoms. The van der Waals surface area contributed by atoms with Crippen LogP contribution in [0.1, 0.15) is 5.69 Å². The number of hydrogen-bond donors (Lipinski definition) is 2. The fourth-order valence-corrected chi connectivity index (χ4v) is 2.85. The first-order chi connectivity index (χ1) is 9.08. The molecule has 0 amide bonds. The summed E-state index contributed by atoms with van der Waals surface area (Å²) >= 11 is 1.42. The molecule has 3 rings (SSSR count). The maximum absolute atomic E-state index is 12.3. The molecule has 0 aliphatic rings. The van der Waals surface area contributed by atoms with Gasteiger partial charge in [0.05, 0.1) is 11.4 Å². The fraction of sp³-hybridized carbons (Fsp3) is 0.0769. The third kappa shape index (κ3) is 1.77. The third-order valence-corrected chi connectivity index (χ3v) is 3.83. The number of aryl methyl sites for hydroxylation is 1. The molecule has 1 aromatic carbocycles. The Kier molecular flexibility index (Phi) is 2.53. The highest BCUT2D eigenvalue weighted by Crippen LogP contribution is 2.25. The van der Waals surface area contributed by atoms with Crippen LogP contribution in [0, 0.1) is 6.92 Å². The predicted octanol–water partition coefficient (Wildman–Crippen LogP) is 1.90. The van der Waals surface area contributed by atoms with Gasteiger partial charge in [-0.3, -0.25) is 4.79 Å². The normalized spacial score (nSPS) is 11.0. The Bertz CT molecular complexity index is 817. The molecule has 3 aromatic rings. The van der Waals surface area contributed by atoms with Crippen LogP contribution < -0.4 is 17.0 Å². The summed E-state index contributed by atoms with van der Waals surface area (Å²) in [5.74, 6) is 0. The highest BCUT2D eigenvalue weighted by Gasteiger charge is 2.12. The maximum Gasteiger partial charge on any atom is 0.282 e. The van der Waals surface area contributed by atoms with E-state index in [9.17, 15) is 4.79 Å². The molecule has 4 N–H and O–H groups in total. The lowest BCUT2D eigenvalue weighted by Crippen LogP contribution is -2.19. The summed E-state index contributed by atoms with van der Waals surface area (Å²) in [4.78, 5) is 17.2. The number of nitrogens with two attached hydrogens (primary N) is 2. The Balaban J connectivity index is 2.34. The van der Waals surface area contributed by atoms with E-state index in [1.165, 1.54) is 11.3 Å². The van der Waals surface area contributed by atoms with Gasteiger partial charge in [0.1, 0.15) is 5.69 Å². The second-order valence-corrected chi connectivity index (χ2v) is 5.11. The van der Waals surface area contributed by atoms with Gasteiger partial charge in [0, 0.05) is 11.1 Å². The van der Waals surface area contributed by atoms with E-state index in [0.717, 1.165) is 11.3 Å². The zero-order valence-electron chi connectivity index (χ0n) is 10.3. The molecule has 0 fully saturated rings. The third-order valence-electron chi connectivity index (χ3n) is 3.00. The van der Waals surface area contributed by atoms with Gasteiger partial charge in [-0.1, -0.05) is 12.1 Å². The lowest BCUT2D eigenvalue weighted by atomic mass is 10.1. The average Bonchev–Trinajstić information content (AvgIpc) is 2.81. The summed E-state index contributed by atoms with van der Waals surface area (Å²) < 4.78 is 1.54. The topological polar surface area (TPSA) is 86.4 Å². The predicted molar refractivity (Wildman–Crippen MR) is 78.3 cm³/mol. The molecule has 0 saturated heterocycles. The van der Waals surface area contributed by atoms with Crippen molar-refractivity contribution in [3.8, 4) is 11.3 Å². The van der Waals surface area contributed by atoms with Gasteiger partial charge in [0.25, 0.3) is 5.56 Å².